The van der Waals surface area contributed by atoms with Gasteiger partial charge in [0, 0.05) is 23.8 Å². The molecule has 1 aliphatic rings. The van der Waals surface area contributed by atoms with Crippen molar-refractivity contribution in [1.82, 2.24) is 0 Å². The largest absolute Gasteiger partial charge is 0.508 e. The molecule has 1 heterocycles. The topological polar surface area (TPSA) is 197 Å². The lowest BCUT2D eigenvalue weighted by Crippen LogP contribution is -2.15. The Hall–Kier alpha value is -4.74. The predicted molar refractivity (Wildman–Crippen MR) is 116 cm³/mol. The number of phenolic OH excluding ortho intramolecular Hbond substituents is 7. The van der Waals surface area contributed by atoms with Crippen LogP contribution >= 0.6 is 0 Å². The van der Waals surface area contributed by atoms with Crippen LogP contribution in [0.25, 0.3) is 0 Å². The van der Waals surface area contributed by atoms with Crippen molar-refractivity contribution in [2.45, 2.75) is 18.9 Å². The molecule has 0 aromatic heterocycles. The van der Waals surface area contributed by atoms with E-state index in [1.54, 1.807) is 6.07 Å². The lowest BCUT2D eigenvalue weighted by atomic mass is 9.96. The van der Waals surface area contributed by atoms with Gasteiger partial charge in [-0.3, -0.25) is 0 Å². The molecule has 0 bridgehead atoms. The van der Waals surface area contributed by atoms with Gasteiger partial charge < -0.3 is 50.3 Å². The summed E-state index contributed by atoms with van der Waals surface area (Å²) in [5.74, 6) is -6.52. The summed E-state index contributed by atoms with van der Waals surface area (Å²) in [6, 6.07) is 6.23. The van der Waals surface area contributed by atoms with Gasteiger partial charge in [-0.25, -0.2) is 9.18 Å². The first-order chi connectivity index (χ1) is 16.4. The SMILES string of the molecule is COc1cc(C2CCc3c(O)cc(O)cc3O2)cc(O)c1O.O=C(O)c1cc(O)c(O)c(O)c1F. The Labute approximate surface area is 196 Å². The van der Waals surface area contributed by atoms with Gasteiger partial charge in [-0.05, 0) is 30.5 Å². The highest BCUT2D eigenvalue weighted by Crippen LogP contribution is 2.44. The third-order valence-corrected chi connectivity index (χ3v) is 5.19. The third kappa shape index (κ3) is 4.95. The van der Waals surface area contributed by atoms with E-state index in [2.05, 4.69) is 0 Å². The Morgan fingerprint density at radius 3 is 2.20 bits per heavy atom. The smallest absolute Gasteiger partial charge is 0.338 e. The van der Waals surface area contributed by atoms with E-state index in [-0.39, 0.29) is 34.9 Å². The number of carboxylic acids is 1. The molecule has 0 radical (unpaired) electrons. The van der Waals surface area contributed by atoms with Crippen LogP contribution in [0.1, 0.15) is 34.0 Å². The van der Waals surface area contributed by atoms with E-state index in [0.717, 1.165) is 0 Å². The molecule has 0 aliphatic carbocycles. The second-order valence-corrected chi connectivity index (χ2v) is 7.44. The van der Waals surface area contributed by atoms with E-state index >= 15 is 0 Å². The number of rotatable bonds is 3. The minimum Gasteiger partial charge on any atom is -0.508 e. The number of aromatic carboxylic acids is 1. The number of benzene rings is 3. The fraction of sp³-hybridized carbons (Fsp3) is 0.174. The number of phenols is 7. The molecule has 4 rings (SSSR count). The number of methoxy groups -OCH3 is 1. The zero-order valence-electron chi connectivity index (χ0n) is 18.1. The number of hydrogen-bond donors (Lipinski definition) is 8. The normalized spacial score (nSPS) is 14.2. The van der Waals surface area contributed by atoms with Crippen molar-refractivity contribution in [2.75, 3.05) is 7.11 Å². The van der Waals surface area contributed by atoms with Crippen molar-refractivity contribution in [3.63, 3.8) is 0 Å². The van der Waals surface area contributed by atoms with E-state index in [4.69, 9.17) is 29.9 Å². The fourth-order valence-corrected chi connectivity index (χ4v) is 3.43. The molecule has 1 atom stereocenters. The maximum absolute atomic E-state index is 12.8. The summed E-state index contributed by atoms with van der Waals surface area (Å²) in [4.78, 5) is 10.3. The van der Waals surface area contributed by atoms with Crippen LogP contribution in [0.4, 0.5) is 4.39 Å². The van der Waals surface area contributed by atoms with Gasteiger partial charge in [0.2, 0.25) is 11.5 Å². The maximum Gasteiger partial charge on any atom is 0.338 e. The highest BCUT2D eigenvalue weighted by Gasteiger charge is 2.26. The fourth-order valence-electron chi connectivity index (χ4n) is 3.43. The Balaban J connectivity index is 0.000000225. The van der Waals surface area contributed by atoms with E-state index in [1.807, 2.05) is 0 Å². The van der Waals surface area contributed by atoms with Crippen molar-refractivity contribution in [2.24, 2.45) is 0 Å². The molecule has 0 spiro atoms. The average molecular weight is 492 g/mol. The lowest BCUT2D eigenvalue weighted by molar-refractivity contribution is 0.0690. The van der Waals surface area contributed by atoms with Crippen LogP contribution in [0.2, 0.25) is 0 Å². The van der Waals surface area contributed by atoms with Crippen LogP contribution in [0.5, 0.6) is 51.7 Å². The van der Waals surface area contributed by atoms with Gasteiger partial charge in [-0.15, -0.1) is 0 Å². The van der Waals surface area contributed by atoms with Crippen molar-refractivity contribution in [3.8, 4) is 51.7 Å². The number of carboxylic acid groups (broad SMARTS) is 1. The molecule has 8 N–H and O–H groups in total. The van der Waals surface area contributed by atoms with Gasteiger partial charge in [0.05, 0.1) is 7.11 Å². The van der Waals surface area contributed by atoms with Gasteiger partial charge in [-0.2, -0.15) is 0 Å². The molecular formula is C23H21FO11. The highest BCUT2D eigenvalue weighted by molar-refractivity contribution is 5.89. The third-order valence-electron chi connectivity index (χ3n) is 5.19. The Morgan fingerprint density at radius 1 is 0.914 bits per heavy atom. The average Bonchev–Trinajstić information content (AvgIpc) is 2.81. The van der Waals surface area contributed by atoms with Gasteiger partial charge in [-0.1, -0.05) is 0 Å². The summed E-state index contributed by atoms with van der Waals surface area (Å²) in [6.45, 7) is 0. The lowest BCUT2D eigenvalue weighted by Gasteiger charge is -2.27. The summed E-state index contributed by atoms with van der Waals surface area (Å²) >= 11 is 0. The van der Waals surface area contributed by atoms with Crippen molar-refractivity contribution < 1.29 is 59.5 Å². The number of fused-ring (bicyclic) bond motifs is 1. The van der Waals surface area contributed by atoms with Crippen LogP contribution in [-0.2, 0) is 6.42 Å². The molecule has 35 heavy (non-hydrogen) atoms. The minimum absolute atomic E-state index is 0.000385. The van der Waals surface area contributed by atoms with Crippen molar-refractivity contribution in [3.05, 3.63) is 52.8 Å². The summed E-state index contributed by atoms with van der Waals surface area (Å²) in [5.41, 5.74) is 0.373. The van der Waals surface area contributed by atoms with E-state index in [1.165, 1.54) is 25.3 Å². The molecule has 3 aromatic rings. The number of halogens is 1. The maximum atomic E-state index is 12.8. The number of carbonyl (C=O) groups is 1. The molecule has 0 fully saturated rings. The molecule has 11 nitrogen and oxygen atoms in total. The minimum atomic E-state index is -1.65. The predicted octanol–water partition coefficient (Wildman–Crippen LogP) is 3.22. The van der Waals surface area contributed by atoms with Gasteiger partial charge >= 0.3 is 5.97 Å². The number of aromatic hydroxyl groups is 7. The molecule has 12 heteroatoms. The summed E-state index contributed by atoms with van der Waals surface area (Å²) in [7, 11) is 1.39. The zero-order valence-corrected chi connectivity index (χ0v) is 18.1. The zero-order chi connectivity index (χ0) is 26.0. The number of ether oxygens (including phenoxy) is 2. The van der Waals surface area contributed by atoms with Crippen LogP contribution in [0.15, 0.2) is 30.3 Å². The molecule has 3 aromatic carbocycles. The van der Waals surface area contributed by atoms with Gasteiger partial charge in [0.15, 0.2) is 28.8 Å². The van der Waals surface area contributed by atoms with Crippen LogP contribution in [0.3, 0.4) is 0 Å². The molecular weight excluding hydrogens is 471 g/mol. The van der Waals surface area contributed by atoms with Crippen molar-refractivity contribution in [1.29, 1.82) is 0 Å². The van der Waals surface area contributed by atoms with E-state index in [0.29, 0.717) is 35.8 Å². The van der Waals surface area contributed by atoms with Gasteiger partial charge in [0.1, 0.15) is 28.9 Å². The van der Waals surface area contributed by atoms with Crippen LogP contribution < -0.4 is 9.47 Å². The van der Waals surface area contributed by atoms with Gasteiger partial charge in [0.25, 0.3) is 0 Å². The molecule has 1 unspecified atom stereocenters. The summed E-state index contributed by atoms with van der Waals surface area (Å²) < 4.78 is 23.6. The highest BCUT2D eigenvalue weighted by atomic mass is 19.1. The Bertz CT molecular complexity index is 1290. The first kappa shape index (κ1) is 24.9. The van der Waals surface area contributed by atoms with Crippen LogP contribution in [0, 0.1) is 5.82 Å². The molecule has 0 saturated carbocycles. The molecule has 186 valence electrons. The quantitative estimate of drug-likeness (QED) is 0.250. The first-order valence-electron chi connectivity index (χ1n) is 9.92. The Kier molecular flexibility index (Phi) is 6.85. The second-order valence-electron chi connectivity index (χ2n) is 7.44. The molecule has 1 aliphatic heterocycles. The summed E-state index contributed by atoms with van der Waals surface area (Å²) in [5, 5.41) is 73.5. The summed E-state index contributed by atoms with van der Waals surface area (Å²) in [6.07, 6.45) is 0.767. The Morgan fingerprint density at radius 2 is 1.57 bits per heavy atom. The molecule has 0 amide bonds. The van der Waals surface area contributed by atoms with Crippen molar-refractivity contribution >= 4 is 5.97 Å². The van der Waals surface area contributed by atoms with E-state index in [9.17, 15) is 29.6 Å². The second kappa shape index (κ2) is 9.63. The van der Waals surface area contributed by atoms with E-state index < -0.39 is 34.6 Å². The first-order valence-corrected chi connectivity index (χ1v) is 9.92. The standard InChI is InChI=1S/C16H16O6.C7H5FO5/c1-21-15-5-8(4-12(19)16(15)20)13-3-2-10-11(18)6-9(17)7-14(10)22-13;8-4-2(7(12)13)1-3(9)5(10)6(4)11/h4-7,13,17-20H,2-3H2,1H3;1,9-11H,(H,12,13). The van der Waals surface area contributed by atoms with Crippen LogP contribution in [-0.4, -0.2) is 53.9 Å². The monoisotopic (exact) mass is 492 g/mol. The molecule has 0 saturated heterocycles. The number of hydrogen-bond acceptors (Lipinski definition) is 10.